The van der Waals surface area contributed by atoms with E-state index in [0.717, 1.165) is 6.42 Å². The Morgan fingerprint density at radius 1 is 1.38 bits per heavy atom. The lowest BCUT2D eigenvalue weighted by Gasteiger charge is -2.15. The number of carboxylic acid groups (broad SMARTS) is 1. The van der Waals surface area contributed by atoms with Gasteiger partial charge in [-0.1, -0.05) is 13.3 Å². The Labute approximate surface area is 123 Å². The highest BCUT2D eigenvalue weighted by Gasteiger charge is 2.42. The number of pyridine rings is 1. The van der Waals surface area contributed by atoms with Crippen molar-refractivity contribution in [3.63, 3.8) is 0 Å². The third kappa shape index (κ3) is 3.51. The van der Waals surface area contributed by atoms with Crippen LogP contribution in [0.15, 0.2) is 18.3 Å². The van der Waals surface area contributed by atoms with Gasteiger partial charge < -0.3 is 15.2 Å². The van der Waals surface area contributed by atoms with Crippen molar-refractivity contribution in [3.8, 4) is 5.88 Å². The first-order valence-electron chi connectivity index (χ1n) is 7.08. The average molecular weight is 292 g/mol. The number of rotatable bonds is 5. The molecule has 0 saturated heterocycles. The molecular formula is C15H20N2O4. The molecule has 1 saturated carbocycles. The SMILES string of the molecule is CCC1CC(C(=O)O)C(C(=O)Nc2ccc(OC)nc2)C1. The van der Waals surface area contributed by atoms with E-state index in [1.165, 1.54) is 13.3 Å². The number of ether oxygens (including phenoxy) is 1. The molecule has 0 aromatic carbocycles. The quantitative estimate of drug-likeness (QED) is 0.868. The Kier molecular flexibility index (Phi) is 4.77. The zero-order chi connectivity index (χ0) is 15.4. The van der Waals surface area contributed by atoms with Crippen molar-refractivity contribution in [3.05, 3.63) is 18.3 Å². The number of nitrogens with zero attached hydrogens (tertiary/aromatic N) is 1. The lowest BCUT2D eigenvalue weighted by Crippen LogP contribution is -2.30. The van der Waals surface area contributed by atoms with Gasteiger partial charge in [0.1, 0.15) is 0 Å². The van der Waals surface area contributed by atoms with E-state index in [4.69, 9.17) is 4.74 Å². The van der Waals surface area contributed by atoms with Crippen LogP contribution in [0.5, 0.6) is 5.88 Å². The summed E-state index contributed by atoms with van der Waals surface area (Å²) < 4.78 is 4.95. The molecule has 1 aromatic rings. The van der Waals surface area contributed by atoms with Gasteiger partial charge in [-0.3, -0.25) is 9.59 Å². The molecule has 0 spiro atoms. The first-order chi connectivity index (χ1) is 10.0. The number of aromatic nitrogens is 1. The third-order valence-electron chi connectivity index (χ3n) is 4.10. The van der Waals surface area contributed by atoms with Crippen molar-refractivity contribution >= 4 is 17.6 Å². The van der Waals surface area contributed by atoms with Gasteiger partial charge >= 0.3 is 5.97 Å². The molecule has 0 radical (unpaired) electrons. The number of hydrogen-bond acceptors (Lipinski definition) is 4. The molecule has 1 heterocycles. The molecular weight excluding hydrogens is 272 g/mol. The normalized spacial score (nSPS) is 24.6. The number of anilines is 1. The van der Waals surface area contributed by atoms with Gasteiger partial charge in [0.2, 0.25) is 11.8 Å². The molecule has 1 aliphatic rings. The molecule has 6 heteroatoms. The van der Waals surface area contributed by atoms with Gasteiger partial charge in [0.25, 0.3) is 0 Å². The van der Waals surface area contributed by atoms with Crippen LogP contribution in [-0.2, 0) is 9.59 Å². The van der Waals surface area contributed by atoms with Gasteiger partial charge in [0.15, 0.2) is 0 Å². The minimum absolute atomic E-state index is 0.245. The van der Waals surface area contributed by atoms with Crippen LogP contribution in [0.1, 0.15) is 26.2 Å². The fraction of sp³-hybridized carbons (Fsp3) is 0.533. The van der Waals surface area contributed by atoms with Crippen LogP contribution in [0, 0.1) is 17.8 Å². The smallest absolute Gasteiger partial charge is 0.307 e. The van der Waals surface area contributed by atoms with E-state index in [1.807, 2.05) is 6.92 Å². The molecule has 0 bridgehead atoms. The van der Waals surface area contributed by atoms with Crippen LogP contribution in [0.3, 0.4) is 0 Å². The van der Waals surface area contributed by atoms with Gasteiger partial charge in [0, 0.05) is 6.07 Å². The maximum absolute atomic E-state index is 12.3. The number of aliphatic carboxylic acids is 1. The van der Waals surface area contributed by atoms with E-state index in [2.05, 4.69) is 10.3 Å². The highest BCUT2D eigenvalue weighted by atomic mass is 16.5. The fourth-order valence-electron chi connectivity index (χ4n) is 2.85. The average Bonchev–Trinajstić information content (AvgIpc) is 2.92. The summed E-state index contributed by atoms with van der Waals surface area (Å²) in [6.45, 7) is 2.03. The van der Waals surface area contributed by atoms with Crippen molar-refractivity contribution < 1.29 is 19.4 Å². The van der Waals surface area contributed by atoms with Crippen LogP contribution >= 0.6 is 0 Å². The summed E-state index contributed by atoms with van der Waals surface area (Å²) in [4.78, 5) is 27.6. The highest BCUT2D eigenvalue weighted by molar-refractivity contribution is 5.95. The largest absolute Gasteiger partial charge is 0.481 e. The zero-order valence-corrected chi connectivity index (χ0v) is 12.2. The lowest BCUT2D eigenvalue weighted by molar-refractivity contribution is -0.145. The second-order valence-electron chi connectivity index (χ2n) is 5.38. The summed E-state index contributed by atoms with van der Waals surface area (Å²) in [5.41, 5.74) is 0.546. The second-order valence-corrected chi connectivity index (χ2v) is 5.38. The maximum atomic E-state index is 12.3. The Balaban J connectivity index is 2.05. The zero-order valence-electron chi connectivity index (χ0n) is 12.2. The number of amides is 1. The molecule has 1 fully saturated rings. The second kappa shape index (κ2) is 6.56. The van der Waals surface area contributed by atoms with E-state index in [0.29, 0.717) is 30.3 Å². The standard InChI is InChI=1S/C15H20N2O4/c1-3-9-6-11(12(7-9)15(19)20)14(18)17-10-4-5-13(21-2)16-8-10/h4-5,8-9,11-12H,3,6-7H2,1-2H3,(H,17,18)(H,19,20). The molecule has 1 amide bonds. The monoisotopic (exact) mass is 292 g/mol. The Morgan fingerprint density at radius 3 is 2.62 bits per heavy atom. The van der Waals surface area contributed by atoms with Gasteiger partial charge in [-0.2, -0.15) is 0 Å². The summed E-state index contributed by atoms with van der Waals surface area (Å²) in [5, 5.41) is 12.0. The van der Waals surface area contributed by atoms with E-state index in [1.54, 1.807) is 12.1 Å². The molecule has 2 N–H and O–H groups in total. The molecule has 1 aromatic heterocycles. The van der Waals surface area contributed by atoms with E-state index in [9.17, 15) is 14.7 Å². The first kappa shape index (κ1) is 15.3. The first-order valence-corrected chi connectivity index (χ1v) is 7.08. The van der Waals surface area contributed by atoms with Crippen LogP contribution < -0.4 is 10.1 Å². The van der Waals surface area contributed by atoms with Crippen LogP contribution in [0.4, 0.5) is 5.69 Å². The Bertz CT molecular complexity index is 515. The molecule has 2 rings (SSSR count). The molecule has 1 aliphatic carbocycles. The maximum Gasteiger partial charge on any atom is 0.307 e. The summed E-state index contributed by atoms with van der Waals surface area (Å²) in [6.07, 6.45) is 3.60. The molecule has 3 unspecified atom stereocenters. The Morgan fingerprint density at radius 2 is 2.10 bits per heavy atom. The fourth-order valence-corrected chi connectivity index (χ4v) is 2.85. The van der Waals surface area contributed by atoms with Crippen molar-refractivity contribution in [2.75, 3.05) is 12.4 Å². The predicted octanol–water partition coefficient (Wildman–Crippen LogP) is 2.17. The van der Waals surface area contributed by atoms with Crippen LogP contribution in [-0.4, -0.2) is 29.1 Å². The van der Waals surface area contributed by atoms with Crippen LogP contribution in [0.2, 0.25) is 0 Å². The molecule has 21 heavy (non-hydrogen) atoms. The van der Waals surface area contributed by atoms with Crippen LogP contribution in [0.25, 0.3) is 0 Å². The molecule has 114 valence electrons. The predicted molar refractivity (Wildman–Crippen MR) is 77.0 cm³/mol. The third-order valence-corrected chi connectivity index (χ3v) is 4.10. The number of nitrogens with one attached hydrogen (secondary N) is 1. The lowest BCUT2D eigenvalue weighted by atomic mass is 9.95. The van der Waals surface area contributed by atoms with Gasteiger partial charge in [0.05, 0.1) is 30.8 Å². The number of methoxy groups -OCH3 is 1. The molecule has 3 atom stereocenters. The Hall–Kier alpha value is -2.11. The van der Waals surface area contributed by atoms with Gasteiger partial charge in [-0.05, 0) is 24.8 Å². The summed E-state index contributed by atoms with van der Waals surface area (Å²) in [5.74, 6) is -1.45. The minimum Gasteiger partial charge on any atom is -0.481 e. The van der Waals surface area contributed by atoms with E-state index in [-0.39, 0.29) is 5.91 Å². The summed E-state index contributed by atoms with van der Waals surface area (Å²) in [7, 11) is 1.52. The summed E-state index contributed by atoms with van der Waals surface area (Å²) >= 11 is 0. The van der Waals surface area contributed by atoms with E-state index < -0.39 is 17.8 Å². The van der Waals surface area contributed by atoms with E-state index >= 15 is 0 Å². The minimum atomic E-state index is -0.890. The summed E-state index contributed by atoms with van der Waals surface area (Å²) in [6, 6.07) is 3.33. The number of carboxylic acids is 1. The van der Waals surface area contributed by atoms with Crippen molar-refractivity contribution in [2.45, 2.75) is 26.2 Å². The van der Waals surface area contributed by atoms with Crippen molar-refractivity contribution in [2.24, 2.45) is 17.8 Å². The van der Waals surface area contributed by atoms with Crippen molar-refractivity contribution in [1.82, 2.24) is 4.98 Å². The van der Waals surface area contributed by atoms with Crippen molar-refractivity contribution in [1.29, 1.82) is 0 Å². The number of carbonyl (C=O) groups is 2. The molecule has 0 aliphatic heterocycles. The topological polar surface area (TPSA) is 88.5 Å². The highest BCUT2D eigenvalue weighted by Crippen LogP contribution is 2.39. The number of hydrogen-bond donors (Lipinski definition) is 2. The molecule has 6 nitrogen and oxygen atoms in total. The van der Waals surface area contributed by atoms with Gasteiger partial charge in [-0.25, -0.2) is 4.98 Å². The number of carbonyl (C=O) groups excluding carboxylic acids is 1. The van der Waals surface area contributed by atoms with Gasteiger partial charge in [-0.15, -0.1) is 0 Å².